The van der Waals surface area contributed by atoms with Crippen LogP contribution in [0.5, 0.6) is 0 Å². The van der Waals surface area contributed by atoms with Crippen LogP contribution in [0.25, 0.3) is 0 Å². The van der Waals surface area contributed by atoms with Crippen molar-refractivity contribution < 1.29 is 14.3 Å². The number of nitrogens with zero attached hydrogens (tertiary/aromatic N) is 4. The van der Waals surface area contributed by atoms with Gasteiger partial charge in [-0.1, -0.05) is 32.6 Å². The van der Waals surface area contributed by atoms with E-state index in [4.69, 9.17) is 4.74 Å². The summed E-state index contributed by atoms with van der Waals surface area (Å²) in [7, 11) is 4.12. The van der Waals surface area contributed by atoms with Crippen molar-refractivity contribution in [3.63, 3.8) is 0 Å². The van der Waals surface area contributed by atoms with Crippen LogP contribution in [0, 0.1) is 0 Å². The van der Waals surface area contributed by atoms with Crippen LogP contribution in [-0.2, 0) is 27.3 Å². The summed E-state index contributed by atoms with van der Waals surface area (Å²) in [5, 5.41) is 0. The first-order valence-corrected chi connectivity index (χ1v) is 11.1. The van der Waals surface area contributed by atoms with E-state index in [9.17, 15) is 9.59 Å². The van der Waals surface area contributed by atoms with Crippen molar-refractivity contribution >= 4 is 11.9 Å². The van der Waals surface area contributed by atoms with E-state index in [0.29, 0.717) is 38.5 Å². The molecule has 0 saturated carbocycles. The van der Waals surface area contributed by atoms with Crippen molar-refractivity contribution in [1.29, 1.82) is 0 Å². The van der Waals surface area contributed by atoms with E-state index >= 15 is 0 Å². The predicted molar refractivity (Wildman–Crippen MR) is 114 cm³/mol. The molecule has 29 heavy (non-hydrogen) atoms. The van der Waals surface area contributed by atoms with Crippen LogP contribution in [0.3, 0.4) is 0 Å². The van der Waals surface area contributed by atoms with Crippen LogP contribution in [0.4, 0.5) is 0 Å². The minimum Gasteiger partial charge on any atom is -0.466 e. The second kappa shape index (κ2) is 12.6. The number of ether oxygens (including phenoxy) is 1. The van der Waals surface area contributed by atoms with Crippen molar-refractivity contribution in [2.24, 2.45) is 0 Å². The first-order chi connectivity index (χ1) is 14.0. The zero-order chi connectivity index (χ0) is 21.1. The lowest BCUT2D eigenvalue weighted by molar-refractivity contribution is -0.144. The molecule has 1 atom stereocenters. The van der Waals surface area contributed by atoms with Gasteiger partial charge in [0.15, 0.2) is 0 Å². The Hall–Kier alpha value is -1.89. The zero-order valence-corrected chi connectivity index (χ0v) is 18.4. The van der Waals surface area contributed by atoms with Crippen molar-refractivity contribution in [3.8, 4) is 0 Å². The normalized spacial score (nSPS) is 16.6. The van der Waals surface area contributed by atoms with Gasteiger partial charge in [0, 0.05) is 50.9 Å². The molecule has 0 spiro atoms. The molecule has 1 aromatic heterocycles. The number of carbonyl (C=O) groups excluding carboxylic acids is 2. The van der Waals surface area contributed by atoms with Gasteiger partial charge in [-0.2, -0.15) is 0 Å². The summed E-state index contributed by atoms with van der Waals surface area (Å²) in [6.45, 7) is 4.89. The summed E-state index contributed by atoms with van der Waals surface area (Å²) >= 11 is 0. The molecule has 1 saturated heterocycles. The molecule has 2 rings (SSSR count). The Morgan fingerprint density at radius 1 is 1.21 bits per heavy atom. The molecule has 0 aliphatic carbocycles. The fourth-order valence-electron chi connectivity index (χ4n) is 3.71. The maximum atomic E-state index is 12.5. The van der Waals surface area contributed by atoms with Gasteiger partial charge in [0.25, 0.3) is 0 Å². The average molecular weight is 407 g/mol. The molecule has 0 bridgehead atoms. The first-order valence-electron chi connectivity index (χ1n) is 11.1. The maximum Gasteiger partial charge on any atom is 0.307 e. The number of rotatable bonds is 13. The summed E-state index contributed by atoms with van der Waals surface area (Å²) in [6, 6.07) is 0.457. The van der Waals surface area contributed by atoms with Crippen LogP contribution in [0.15, 0.2) is 12.4 Å². The van der Waals surface area contributed by atoms with Crippen molar-refractivity contribution in [1.82, 2.24) is 19.4 Å². The summed E-state index contributed by atoms with van der Waals surface area (Å²) in [4.78, 5) is 32.9. The van der Waals surface area contributed by atoms with Crippen LogP contribution in [-0.4, -0.2) is 71.1 Å². The molecule has 7 heteroatoms. The fourth-order valence-corrected chi connectivity index (χ4v) is 3.71. The number of likely N-dealkylation sites (tertiary alicyclic amines) is 1. The summed E-state index contributed by atoms with van der Waals surface area (Å²) in [5.74, 6) is 0.878. The lowest BCUT2D eigenvalue weighted by Crippen LogP contribution is -2.34. The lowest BCUT2D eigenvalue weighted by atomic mass is 10.2. The minimum absolute atomic E-state index is 0.164. The SMILES string of the molecule is CCCCCCCOC(=O)CCn1ccnc1CCC(=O)N1CCC(N(C)C)C1. The number of esters is 1. The minimum atomic E-state index is -0.164. The summed E-state index contributed by atoms with van der Waals surface area (Å²) < 4.78 is 7.28. The molecule has 1 amide bonds. The molecule has 1 aliphatic rings. The van der Waals surface area contributed by atoms with Crippen LogP contribution < -0.4 is 0 Å². The topological polar surface area (TPSA) is 67.7 Å². The van der Waals surface area contributed by atoms with Gasteiger partial charge in [-0.05, 0) is 26.9 Å². The smallest absolute Gasteiger partial charge is 0.307 e. The molecule has 164 valence electrons. The van der Waals surface area contributed by atoms with Gasteiger partial charge in [-0.15, -0.1) is 0 Å². The van der Waals surface area contributed by atoms with E-state index in [0.717, 1.165) is 38.2 Å². The maximum absolute atomic E-state index is 12.5. The zero-order valence-electron chi connectivity index (χ0n) is 18.4. The third-order valence-electron chi connectivity index (χ3n) is 5.68. The highest BCUT2D eigenvalue weighted by Gasteiger charge is 2.27. The number of aromatic nitrogens is 2. The summed E-state index contributed by atoms with van der Waals surface area (Å²) in [5.41, 5.74) is 0. The van der Waals surface area contributed by atoms with Gasteiger partial charge in [0.1, 0.15) is 5.82 Å². The molecule has 2 heterocycles. The van der Waals surface area contributed by atoms with Gasteiger partial charge in [0.2, 0.25) is 5.91 Å². The third-order valence-corrected chi connectivity index (χ3v) is 5.68. The Morgan fingerprint density at radius 3 is 2.72 bits per heavy atom. The van der Waals surface area contributed by atoms with Crippen molar-refractivity contribution in [3.05, 3.63) is 18.2 Å². The Balaban J connectivity index is 1.66. The highest BCUT2D eigenvalue weighted by molar-refractivity contribution is 5.76. The monoisotopic (exact) mass is 406 g/mol. The second-order valence-electron chi connectivity index (χ2n) is 8.17. The highest BCUT2D eigenvalue weighted by Crippen LogP contribution is 2.15. The standard InChI is InChI=1S/C22H38N4O3/c1-4-5-6-7-8-17-29-22(28)12-15-25-16-13-23-20(25)9-10-21(27)26-14-11-19(18-26)24(2)3/h13,16,19H,4-12,14-15,17-18H2,1-3H3. The molecule has 1 unspecified atom stereocenters. The van der Waals surface area contributed by atoms with Crippen LogP contribution in [0.1, 0.15) is 64.1 Å². The van der Waals surface area contributed by atoms with Gasteiger partial charge in [-0.3, -0.25) is 9.59 Å². The molecule has 1 fully saturated rings. The third kappa shape index (κ3) is 8.17. The molecule has 0 aromatic carbocycles. The van der Waals surface area contributed by atoms with E-state index in [-0.39, 0.29) is 11.9 Å². The van der Waals surface area contributed by atoms with E-state index in [1.165, 1.54) is 19.3 Å². The number of hydrogen-bond donors (Lipinski definition) is 0. The number of likely N-dealkylation sites (N-methyl/N-ethyl adjacent to an activating group) is 1. The average Bonchev–Trinajstić information content (AvgIpc) is 3.36. The number of unbranched alkanes of at least 4 members (excludes halogenated alkanes) is 4. The largest absolute Gasteiger partial charge is 0.466 e. The number of hydrogen-bond acceptors (Lipinski definition) is 5. The van der Waals surface area contributed by atoms with Gasteiger partial charge < -0.3 is 19.1 Å². The molecular formula is C22H38N4O3. The molecule has 0 N–H and O–H groups in total. The quantitative estimate of drug-likeness (QED) is 0.372. The Morgan fingerprint density at radius 2 is 2.00 bits per heavy atom. The fraction of sp³-hybridized carbons (Fsp3) is 0.773. The van der Waals surface area contributed by atoms with Crippen molar-refractivity contribution in [2.45, 2.75) is 77.3 Å². The van der Waals surface area contributed by atoms with Crippen LogP contribution >= 0.6 is 0 Å². The van der Waals surface area contributed by atoms with E-state index < -0.39 is 0 Å². The summed E-state index contributed by atoms with van der Waals surface area (Å²) in [6.07, 6.45) is 11.8. The Kier molecular flexibility index (Phi) is 10.2. The van der Waals surface area contributed by atoms with E-state index in [1.807, 2.05) is 15.7 Å². The predicted octanol–water partition coefficient (Wildman–Crippen LogP) is 2.88. The molecular weight excluding hydrogens is 368 g/mol. The lowest BCUT2D eigenvalue weighted by Gasteiger charge is -2.20. The van der Waals surface area contributed by atoms with Crippen LogP contribution in [0.2, 0.25) is 0 Å². The number of aryl methyl sites for hydroxylation is 2. The number of carbonyl (C=O) groups is 2. The molecule has 1 aliphatic heterocycles. The van der Waals surface area contributed by atoms with Crippen molar-refractivity contribution in [2.75, 3.05) is 33.8 Å². The van der Waals surface area contributed by atoms with Gasteiger partial charge in [0.05, 0.1) is 13.0 Å². The number of imidazole rings is 1. The second-order valence-corrected chi connectivity index (χ2v) is 8.17. The number of amides is 1. The van der Waals surface area contributed by atoms with E-state index in [2.05, 4.69) is 30.9 Å². The Bertz CT molecular complexity index is 629. The molecule has 7 nitrogen and oxygen atoms in total. The van der Waals surface area contributed by atoms with Gasteiger partial charge in [-0.25, -0.2) is 4.98 Å². The Labute approximate surface area is 175 Å². The highest BCUT2D eigenvalue weighted by atomic mass is 16.5. The first kappa shape index (κ1) is 23.4. The van der Waals surface area contributed by atoms with E-state index in [1.54, 1.807) is 6.20 Å². The van der Waals surface area contributed by atoms with Gasteiger partial charge >= 0.3 is 5.97 Å². The molecule has 1 aromatic rings. The molecule has 0 radical (unpaired) electrons.